The lowest BCUT2D eigenvalue weighted by Crippen LogP contribution is -2.42. The van der Waals surface area contributed by atoms with Crippen molar-refractivity contribution in [3.63, 3.8) is 0 Å². The highest BCUT2D eigenvalue weighted by Crippen LogP contribution is 2.27. The second kappa shape index (κ2) is 10.6. The van der Waals surface area contributed by atoms with Crippen LogP contribution in [0.5, 0.6) is 11.5 Å². The molecule has 0 fully saturated rings. The van der Waals surface area contributed by atoms with Crippen LogP contribution in [0.3, 0.4) is 0 Å². The second-order valence-corrected chi connectivity index (χ2v) is 8.68. The van der Waals surface area contributed by atoms with Gasteiger partial charge in [0, 0.05) is 11.1 Å². The molecule has 0 radical (unpaired) electrons. The number of hydrogen-bond donors (Lipinski definition) is 2. The number of aryl methyl sites for hydroxylation is 2. The Hall–Kier alpha value is -2.31. The van der Waals surface area contributed by atoms with Crippen LogP contribution in [-0.4, -0.2) is 24.7 Å². The van der Waals surface area contributed by atoms with Crippen LogP contribution in [0.4, 0.5) is 5.69 Å². The molecule has 0 saturated heterocycles. The van der Waals surface area contributed by atoms with E-state index in [0.29, 0.717) is 29.5 Å². The highest BCUT2D eigenvalue weighted by Gasteiger charge is 2.28. The van der Waals surface area contributed by atoms with Gasteiger partial charge in [-0.2, -0.15) is 0 Å². The largest absolute Gasteiger partial charge is 0.495 e. The number of benzene rings is 2. The molecule has 30 heavy (non-hydrogen) atoms. The van der Waals surface area contributed by atoms with Crippen molar-refractivity contribution in [2.75, 3.05) is 19.0 Å². The first-order valence-corrected chi connectivity index (χ1v) is 10.6. The highest BCUT2D eigenvalue weighted by atomic mass is 35.5. The Morgan fingerprint density at radius 3 is 2.53 bits per heavy atom. The monoisotopic (exact) mass is 448 g/mol. The number of methoxy groups -OCH3 is 1. The number of carbonyl (C=O) groups excluding carboxylic acids is 1. The number of nitrogens with one attached hydrogen (secondary N) is 2. The van der Waals surface area contributed by atoms with Crippen LogP contribution in [0, 0.1) is 19.3 Å². The average Bonchev–Trinajstić information content (AvgIpc) is 2.67. The molecule has 0 bridgehead atoms. The molecule has 0 saturated carbocycles. The first-order valence-electron chi connectivity index (χ1n) is 9.78. The number of ether oxygens (including phenoxy) is 2. The van der Waals surface area contributed by atoms with Crippen molar-refractivity contribution < 1.29 is 14.3 Å². The highest BCUT2D eigenvalue weighted by molar-refractivity contribution is 7.80. The lowest BCUT2D eigenvalue weighted by molar-refractivity contribution is -0.128. The van der Waals surface area contributed by atoms with Gasteiger partial charge < -0.3 is 20.1 Å². The maximum absolute atomic E-state index is 12.7. The number of anilines is 1. The Labute approximate surface area is 189 Å². The van der Waals surface area contributed by atoms with E-state index in [-0.39, 0.29) is 11.0 Å². The summed E-state index contributed by atoms with van der Waals surface area (Å²) in [5.41, 5.74) is 2.35. The third-order valence-electron chi connectivity index (χ3n) is 4.80. The predicted molar refractivity (Wildman–Crippen MR) is 127 cm³/mol. The van der Waals surface area contributed by atoms with Crippen LogP contribution in [0.25, 0.3) is 0 Å². The number of halogens is 1. The molecule has 2 aromatic carbocycles. The van der Waals surface area contributed by atoms with E-state index in [1.54, 1.807) is 25.3 Å². The zero-order chi connectivity index (χ0) is 22.3. The summed E-state index contributed by atoms with van der Waals surface area (Å²) in [5.74, 6) is 1.31. The van der Waals surface area contributed by atoms with Gasteiger partial charge in [0.15, 0.2) is 5.11 Å². The standard InChI is InChI=1S/C23H29ClN2O3S/c1-15-7-8-16(2)20(13-15)29-12-6-11-23(3,4)21(27)26-22(30)25-17-9-10-19(28-5)18(24)14-17/h7-10,13-14H,6,11-12H2,1-5H3,(H2,25,26,27,30). The van der Waals surface area contributed by atoms with Crippen molar-refractivity contribution in [3.05, 3.63) is 52.5 Å². The molecule has 0 aliphatic carbocycles. The fraction of sp³-hybridized carbons (Fsp3) is 0.391. The summed E-state index contributed by atoms with van der Waals surface area (Å²) in [6, 6.07) is 11.3. The van der Waals surface area contributed by atoms with E-state index in [2.05, 4.69) is 16.7 Å². The first-order chi connectivity index (χ1) is 14.1. The molecule has 2 rings (SSSR count). The zero-order valence-electron chi connectivity index (χ0n) is 18.1. The summed E-state index contributed by atoms with van der Waals surface area (Å²) in [4.78, 5) is 12.7. The van der Waals surface area contributed by atoms with Gasteiger partial charge in [-0.25, -0.2) is 0 Å². The van der Waals surface area contributed by atoms with Crippen LogP contribution in [0.1, 0.15) is 37.8 Å². The Morgan fingerprint density at radius 1 is 1.13 bits per heavy atom. The number of hydrogen-bond acceptors (Lipinski definition) is 4. The number of carbonyl (C=O) groups is 1. The molecule has 0 spiro atoms. The summed E-state index contributed by atoms with van der Waals surface area (Å²) in [6.07, 6.45) is 1.42. The minimum absolute atomic E-state index is 0.147. The second-order valence-electron chi connectivity index (χ2n) is 7.86. The number of amides is 1. The molecule has 0 atom stereocenters. The molecule has 7 heteroatoms. The van der Waals surface area contributed by atoms with Crippen molar-refractivity contribution in [1.82, 2.24) is 5.32 Å². The van der Waals surface area contributed by atoms with Crippen LogP contribution in [0.15, 0.2) is 36.4 Å². The van der Waals surface area contributed by atoms with E-state index in [1.165, 1.54) is 0 Å². The predicted octanol–water partition coefficient (Wildman–Crippen LogP) is 5.66. The van der Waals surface area contributed by atoms with Gasteiger partial charge in [0.2, 0.25) is 5.91 Å². The van der Waals surface area contributed by atoms with Crippen molar-refractivity contribution >= 4 is 40.5 Å². The molecule has 0 aromatic heterocycles. The van der Waals surface area contributed by atoms with Gasteiger partial charge in [0.1, 0.15) is 11.5 Å². The van der Waals surface area contributed by atoms with Gasteiger partial charge in [0.25, 0.3) is 0 Å². The first kappa shape index (κ1) is 24.0. The normalized spacial score (nSPS) is 11.0. The molecule has 162 valence electrons. The van der Waals surface area contributed by atoms with Crippen LogP contribution >= 0.6 is 23.8 Å². The number of thiocarbonyl (C=S) groups is 1. The Balaban J connectivity index is 1.82. The summed E-state index contributed by atoms with van der Waals surface area (Å²) >= 11 is 11.4. The smallest absolute Gasteiger partial charge is 0.231 e. The Kier molecular flexibility index (Phi) is 8.50. The fourth-order valence-corrected chi connectivity index (χ4v) is 3.32. The SMILES string of the molecule is COc1ccc(NC(=S)NC(=O)C(C)(C)CCCOc2cc(C)ccc2C)cc1Cl. The molecule has 0 heterocycles. The molecule has 0 aliphatic heterocycles. The lowest BCUT2D eigenvalue weighted by Gasteiger charge is -2.24. The zero-order valence-corrected chi connectivity index (χ0v) is 19.7. The van der Waals surface area contributed by atoms with E-state index >= 15 is 0 Å². The van der Waals surface area contributed by atoms with Gasteiger partial charge >= 0.3 is 0 Å². The van der Waals surface area contributed by atoms with Crippen LogP contribution in [0.2, 0.25) is 5.02 Å². The lowest BCUT2D eigenvalue weighted by atomic mass is 9.87. The van der Waals surface area contributed by atoms with E-state index < -0.39 is 5.41 Å². The van der Waals surface area contributed by atoms with Gasteiger partial charge in [-0.3, -0.25) is 4.79 Å². The van der Waals surface area contributed by atoms with E-state index in [1.807, 2.05) is 39.8 Å². The third kappa shape index (κ3) is 6.89. The average molecular weight is 449 g/mol. The molecule has 2 aromatic rings. The van der Waals surface area contributed by atoms with Crippen molar-refractivity contribution in [3.8, 4) is 11.5 Å². The van der Waals surface area contributed by atoms with Gasteiger partial charge in [0.05, 0.1) is 18.7 Å². The molecule has 2 N–H and O–H groups in total. The molecule has 0 unspecified atom stereocenters. The molecule has 1 amide bonds. The van der Waals surface area contributed by atoms with Crippen molar-refractivity contribution in [2.45, 2.75) is 40.5 Å². The van der Waals surface area contributed by atoms with E-state index in [4.69, 9.17) is 33.3 Å². The maximum Gasteiger partial charge on any atom is 0.231 e. The van der Waals surface area contributed by atoms with Gasteiger partial charge in [-0.05, 0) is 74.3 Å². The minimum Gasteiger partial charge on any atom is -0.495 e. The van der Waals surface area contributed by atoms with Gasteiger partial charge in [-0.15, -0.1) is 0 Å². The van der Waals surface area contributed by atoms with Crippen LogP contribution in [-0.2, 0) is 4.79 Å². The Bertz CT molecular complexity index is 915. The maximum atomic E-state index is 12.7. The summed E-state index contributed by atoms with van der Waals surface area (Å²) in [7, 11) is 1.55. The molecule has 0 aliphatic rings. The molecular weight excluding hydrogens is 420 g/mol. The number of rotatable bonds is 8. The molecule has 5 nitrogen and oxygen atoms in total. The summed E-state index contributed by atoms with van der Waals surface area (Å²) < 4.78 is 11.0. The summed E-state index contributed by atoms with van der Waals surface area (Å²) in [5, 5.41) is 6.41. The fourth-order valence-electron chi connectivity index (χ4n) is 2.85. The minimum atomic E-state index is -0.589. The summed E-state index contributed by atoms with van der Waals surface area (Å²) in [6.45, 7) is 8.40. The third-order valence-corrected chi connectivity index (χ3v) is 5.30. The van der Waals surface area contributed by atoms with E-state index in [9.17, 15) is 4.79 Å². The Morgan fingerprint density at radius 2 is 1.87 bits per heavy atom. The topological polar surface area (TPSA) is 59.6 Å². The quantitative estimate of drug-likeness (QED) is 0.402. The van der Waals surface area contributed by atoms with Crippen LogP contribution < -0.4 is 20.1 Å². The van der Waals surface area contributed by atoms with Gasteiger partial charge in [-0.1, -0.05) is 37.6 Å². The van der Waals surface area contributed by atoms with Crippen molar-refractivity contribution in [1.29, 1.82) is 0 Å². The molecular formula is C23H29ClN2O3S. The van der Waals surface area contributed by atoms with Crippen molar-refractivity contribution in [2.24, 2.45) is 5.41 Å². The van der Waals surface area contributed by atoms with E-state index in [0.717, 1.165) is 23.3 Å².